The van der Waals surface area contributed by atoms with Crippen molar-refractivity contribution in [2.24, 2.45) is 0 Å². The van der Waals surface area contributed by atoms with Crippen molar-refractivity contribution < 1.29 is 13.5 Å². The summed E-state index contributed by atoms with van der Waals surface area (Å²) in [5.74, 6) is -1.62. The molecular weight excluding hydrogens is 262 g/mol. The Balaban J connectivity index is 1.77. The molecule has 2 heterocycles. The molecule has 2 fully saturated rings. The first-order valence-corrected chi connectivity index (χ1v) is 7.17. The maximum absolute atomic E-state index is 13.4. The van der Waals surface area contributed by atoms with Gasteiger partial charge in [-0.15, -0.1) is 0 Å². The summed E-state index contributed by atoms with van der Waals surface area (Å²) in [7, 11) is 1.82. The highest BCUT2D eigenvalue weighted by molar-refractivity contribution is 5.22. The van der Waals surface area contributed by atoms with Crippen molar-refractivity contribution in [3.63, 3.8) is 0 Å². The van der Waals surface area contributed by atoms with Gasteiger partial charge in [-0.2, -0.15) is 0 Å². The summed E-state index contributed by atoms with van der Waals surface area (Å²) in [4.78, 5) is 2.44. The molecular formula is C15H20F2N2O. The molecule has 3 unspecified atom stereocenters. The Hall–Kier alpha value is -1.04. The molecule has 3 atom stereocenters. The maximum Gasteiger partial charge on any atom is 0.159 e. The smallest absolute Gasteiger partial charge is 0.159 e. The highest BCUT2D eigenvalue weighted by Gasteiger charge is 2.36. The van der Waals surface area contributed by atoms with E-state index in [4.69, 9.17) is 4.74 Å². The predicted octanol–water partition coefficient (Wildman–Crippen LogP) is 2.09. The SMILES string of the molecule is CNC(c1ccc(F)c(F)c1)C1CN2CCCC2CO1. The zero-order valence-electron chi connectivity index (χ0n) is 11.6. The fourth-order valence-corrected chi connectivity index (χ4v) is 3.32. The second kappa shape index (κ2) is 5.76. The number of halogens is 2. The Morgan fingerprint density at radius 3 is 2.95 bits per heavy atom. The third-order valence-corrected chi connectivity index (χ3v) is 4.40. The number of hydrogen-bond acceptors (Lipinski definition) is 3. The van der Waals surface area contributed by atoms with E-state index in [0.717, 1.165) is 25.3 Å². The Morgan fingerprint density at radius 2 is 2.20 bits per heavy atom. The second-order valence-electron chi connectivity index (χ2n) is 5.60. The molecule has 2 saturated heterocycles. The summed E-state index contributed by atoms with van der Waals surface area (Å²) in [5, 5.41) is 3.17. The summed E-state index contributed by atoms with van der Waals surface area (Å²) in [6.07, 6.45) is 2.39. The van der Waals surface area contributed by atoms with Gasteiger partial charge < -0.3 is 10.1 Å². The molecule has 0 aromatic heterocycles. The lowest BCUT2D eigenvalue weighted by Gasteiger charge is -2.39. The lowest BCUT2D eigenvalue weighted by atomic mass is 9.99. The zero-order valence-corrected chi connectivity index (χ0v) is 11.6. The van der Waals surface area contributed by atoms with Gasteiger partial charge in [0.1, 0.15) is 0 Å². The van der Waals surface area contributed by atoms with Crippen molar-refractivity contribution in [1.29, 1.82) is 0 Å². The highest BCUT2D eigenvalue weighted by Crippen LogP contribution is 2.29. The Morgan fingerprint density at radius 1 is 1.35 bits per heavy atom. The summed E-state index contributed by atoms with van der Waals surface area (Å²) in [6.45, 7) is 2.68. The number of nitrogens with one attached hydrogen (secondary N) is 1. The van der Waals surface area contributed by atoms with E-state index in [2.05, 4.69) is 10.2 Å². The molecule has 0 amide bonds. The van der Waals surface area contributed by atoms with E-state index in [1.54, 1.807) is 6.07 Å². The molecule has 1 aromatic rings. The molecule has 0 radical (unpaired) electrons. The van der Waals surface area contributed by atoms with Gasteiger partial charge in [-0.1, -0.05) is 6.07 Å². The Labute approximate surface area is 117 Å². The molecule has 20 heavy (non-hydrogen) atoms. The van der Waals surface area contributed by atoms with Gasteiger partial charge in [0.15, 0.2) is 11.6 Å². The molecule has 0 spiro atoms. The van der Waals surface area contributed by atoms with E-state index in [1.165, 1.54) is 25.0 Å². The van der Waals surface area contributed by atoms with Gasteiger partial charge in [0.2, 0.25) is 0 Å². The normalized spacial score (nSPS) is 28.4. The molecule has 2 aliphatic heterocycles. The van der Waals surface area contributed by atoms with Gasteiger partial charge in [0.25, 0.3) is 0 Å². The molecule has 3 nitrogen and oxygen atoms in total. The van der Waals surface area contributed by atoms with Crippen molar-refractivity contribution in [3.05, 3.63) is 35.4 Å². The van der Waals surface area contributed by atoms with E-state index < -0.39 is 11.6 Å². The van der Waals surface area contributed by atoms with Crippen LogP contribution in [-0.2, 0) is 4.74 Å². The van der Waals surface area contributed by atoms with Crippen LogP contribution in [0.15, 0.2) is 18.2 Å². The van der Waals surface area contributed by atoms with Crippen LogP contribution in [0.5, 0.6) is 0 Å². The minimum Gasteiger partial charge on any atom is -0.373 e. The molecule has 0 bridgehead atoms. The van der Waals surface area contributed by atoms with Gasteiger partial charge in [-0.25, -0.2) is 8.78 Å². The van der Waals surface area contributed by atoms with Crippen LogP contribution >= 0.6 is 0 Å². The Kier molecular flexibility index (Phi) is 4.01. The van der Waals surface area contributed by atoms with Crippen LogP contribution in [0.25, 0.3) is 0 Å². The zero-order chi connectivity index (χ0) is 14.1. The van der Waals surface area contributed by atoms with E-state index in [1.807, 2.05) is 7.05 Å². The van der Waals surface area contributed by atoms with Crippen molar-refractivity contribution in [2.75, 3.05) is 26.7 Å². The molecule has 0 saturated carbocycles. The first kappa shape index (κ1) is 13.9. The minimum absolute atomic E-state index is 0.0285. The average molecular weight is 282 g/mol. The summed E-state index contributed by atoms with van der Waals surface area (Å²) in [5.41, 5.74) is 0.731. The van der Waals surface area contributed by atoms with Gasteiger partial charge in [0, 0.05) is 12.6 Å². The van der Waals surface area contributed by atoms with Crippen molar-refractivity contribution in [2.45, 2.75) is 31.0 Å². The molecule has 5 heteroatoms. The topological polar surface area (TPSA) is 24.5 Å². The lowest BCUT2D eigenvalue weighted by Crippen LogP contribution is -2.50. The van der Waals surface area contributed by atoms with Gasteiger partial charge in [-0.05, 0) is 44.1 Å². The van der Waals surface area contributed by atoms with Crippen LogP contribution in [0.1, 0.15) is 24.4 Å². The lowest BCUT2D eigenvalue weighted by molar-refractivity contribution is -0.0643. The third-order valence-electron chi connectivity index (χ3n) is 4.40. The fraction of sp³-hybridized carbons (Fsp3) is 0.600. The number of hydrogen-bond donors (Lipinski definition) is 1. The monoisotopic (exact) mass is 282 g/mol. The standard InChI is InChI=1S/C15H20F2N2O/c1-18-15(10-4-5-12(16)13(17)7-10)14-8-19-6-2-3-11(19)9-20-14/h4-5,7,11,14-15,18H,2-3,6,8-9H2,1H3. The molecule has 0 aliphatic carbocycles. The predicted molar refractivity (Wildman–Crippen MR) is 72.5 cm³/mol. The summed E-state index contributed by atoms with van der Waals surface area (Å²) >= 11 is 0. The van der Waals surface area contributed by atoms with E-state index in [-0.39, 0.29) is 12.1 Å². The van der Waals surface area contributed by atoms with Crippen LogP contribution in [0.2, 0.25) is 0 Å². The number of nitrogens with zero attached hydrogens (tertiary/aromatic N) is 1. The largest absolute Gasteiger partial charge is 0.373 e. The first-order chi connectivity index (χ1) is 9.69. The number of fused-ring (bicyclic) bond motifs is 1. The second-order valence-corrected chi connectivity index (χ2v) is 5.60. The molecule has 3 rings (SSSR count). The van der Waals surface area contributed by atoms with E-state index in [0.29, 0.717) is 6.04 Å². The molecule has 110 valence electrons. The van der Waals surface area contributed by atoms with Crippen molar-refractivity contribution >= 4 is 0 Å². The fourth-order valence-electron chi connectivity index (χ4n) is 3.32. The quantitative estimate of drug-likeness (QED) is 0.919. The summed E-state index contributed by atoms with van der Waals surface area (Å²) in [6, 6.07) is 4.48. The average Bonchev–Trinajstić information content (AvgIpc) is 2.91. The van der Waals surface area contributed by atoms with Crippen LogP contribution in [0.3, 0.4) is 0 Å². The van der Waals surface area contributed by atoms with Crippen LogP contribution in [0, 0.1) is 11.6 Å². The van der Waals surface area contributed by atoms with Crippen LogP contribution in [-0.4, -0.2) is 43.8 Å². The number of benzene rings is 1. The number of ether oxygens (including phenoxy) is 1. The summed E-state index contributed by atoms with van der Waals surface area (Å²) < 4.78 is 32.4. The number of likely N-dealkylation sites (N-methyl/N-ethyl adjacent to an activating group) is 1. The number of morpholine rings is 1. The van der Waals surface area contributed by atoms with Crippen molar-refractivity contribution in [3.8, 4) is 0 Å². The molecule has 2 aliphatic rings. The van der Waals surface area contributed by atoms with Gasteiger partial charge in [0.05, 0.1) is 18.8 Å². The third kappa shape index (κ3) is 2.57. The van der Waals surface area contributed by atoms with Crippen LogP contribution in [0.4, 0.5) is 8.78 Å². The number of rotatable bonds is 3. The molecule has 1 aromatic carbocycles. The Bertz CT molecular complexity index is 483. The van der Waals surface area contributed by atoms with Gasteiger partial charge >= 0.3 is 0 Å². The van der Waals surface area contributed by atoms with E-state index >= 15 is 0 Å². The van der Waals surface area contributed by atoms with E-state index in [9.17, 15) is 8.78 Å². The van der Waals surface area contributed by atoms with Crippen molar-refractivity contribution in [1.82, 2.24) is 10.2 Å². The van der Waals surface area contributed by atoms with Crippen LogP contribution < -0.4 is 5.32 Å². The maximum atomic E-state index is 13.4. The molecule has 1 N–H and O–H groups in total. The first-order valence-electron chi connectivity index (χ1n) is 7.17. The van der Waals surface area contributed by atoms with Gasteiger partial charge in [-0.3, -0.25) is 4.90 Å². The minimum atomic E-state index is -0.812. The highest BCUT2D eigenvalue weighted by atomic mass is 19.2.